The molecule has 0 spiro atoms. The first-order chi connectivity index (χ1) is 9.00. The lowest BCUT2D eigenvalue weighted by atomic mass is 10.1. The van der Waals surface area contributed by atoms with Crippen LogP contribution < -0.4 is 5.32 Å². The van der Waals surface area contributed by atoms with Crippen LogP contribution in [0.5, 0.6) is 0 Å². The van der Waals surface area contributed by atoms with Crippen molar-refractivity contribution in [1.29, 1.82) is 0 Å². The molecule has 0 aromatic carbocycles. The fourth-order valence-electron chi connectivity index (χ4n) is 1.81. The van der Waals surface area contributed by atoms with E-state index in [-0.39, 0.29) is 23.3 Å². The Balaban J connectivity index is 2.17. The Morgan fingerprint density at radius 3 is 2.42 bits per heavy atom. The second-order valence-corrected chi connectivity index (χ2v) is 5.55. The number of hydrogen-bond donors (Lipinski definition) is 2. The summed E-state index contributed by atoms with van der Waals surface area (Å²) >= 11 is 1.22. The van der Waals surface area contributed by atoms with Crippen molar-refractivity contribution in [3.05, 3.63) is 0 Å². The number of hydrogen-bond acceptors (Lipinski definition) is 4. The van der Waals surface area contributed by atoms with E-state index in [0.29, 0.717) is 0 Å². The summed E-state index contributed by atoms with van der Waals surface area (Å²) in [6, 6.07) is -0.897. The summed E-state index contributed by atoms with van der Waals surface area (Å²) in [5, 5.41) is 11.0. The van der Waals surface area contributed by atoms with Crippen molar-refractivity contribution in [3.8, 4) is 0 Å². The molecule has 2 amide bonds. The molecule has 0 bridgehead atoms. The van der Waals surface area contributed by atoms with Crippen molar-refractivity contribution < 1.29 is 19.5 Å². The van der Waals surface area contributed by atoms with Gasteiger partial charge in [0, 0.05) is 13.1 Å². The number of carbonyl (C=O) groups is 3. The zero-order valence-corrected chi connectivity index (χ0v) is 11.9. The van der Waals surface area contributed by atoms with E-state index < -0.39 is 12.0 Å². The number of likely N-dealkylation sites (tertiary alicyclic amines) is 1. The standard InChI is InChI=1S/C12H20N2O4S/c1-9(12(17)18)13-10(15)7-19-8-11(16)14-5-3-2-4-6-14/h9H,2-8H2,1H3,(H,13,15)(H,17,18)/t9-/m0/s1. The summed E-state index contributed by atoms with van der Waals surface area (Å²) in [6.45, 7) is 3.02. The monoisotopic (exact) mass is 288 g/mol. The molecule has 1 aliphatic heterocycles. The van der Waals surface area contributed by atoms with E-state index in [1.165, 1.54) is 25.1 Å². The van der Waals surface area contributed by atoms with Gasteiger partial charge in [-0.25, -0.2) is 0 Å². The highest BCUT2D eigenvalue weighted by molar-refractivity contribution is 8.00. The number of aliphatic carboxylic acids is 1. The molecule has 1 saturated heterocycles. The van der Waals surface area contributed by atoms with Crippen LogP contribution in [0.3, 0.4) is 0 Å². The molecule has 7 heteroatoms. The third-order valence-corrected chi connectivity index (χ3v) is 3.83. The zero-order chi connectivity index (χ0) is 14.3. The molecule has 1 atom stereocenters. The van der Waals surface area contributed by atoms with Crippen molar-refractivity contribution in [2.45, 2.75) is 32.2 Å². The number of piperidine rings is 1. The van der Waals surface area contributed by atoms with Gasteiger partial charge in [-0.15, -0.1) is 11.8 Å². The predicted molar refractivity (Wildman–Crippen MR) is 73.0 cm³/mol. The maximum Gasteiger partial charge on any atom is 0.325 e. The first kappa shape index (κ1) is 15.8. The summed E-state index contributed by atoms with van der Waals surface area (Å²) in [5.41, 5.74) is 0. The minimum atomic E-state index is -1.07. The Morgan fingerprint density at radius 1 is 1.21 bits per heavy atom. The van der Waals surface area contributed by atoms with Gasteiger partial charge >= 0.3 is 5.97 Å². The number of nitrogens with one attached hydrogen (secondary N) is 1. The van der Waals surface area contributed by atoms with E-state index in [1.807, 2.05) is 4.90 Å². The lowest BCUT2D eigenvalue weighted by Gasteiger charge is -2.26. The van der Waals surface area contributed by atoms with Crippen molar-refractivity contribution in [2.24, 2.45) is 0 Å². The lowest BCUT2D eigenvalue weighted by Crippen LogP contribution is -2.40. The van der Waals surface area contributed by atoms with Crippen molar-refractivity contribution in [1.82, 2.24) is 10.2 Å². The SMILES string of the molecule is C[C@H](NC(=O)CSCC(=O)N1CCCCC1)C(=O)O. The molecular weight excluding hydrogens is 268 g/mol. The smallest absolute Gasteiger partial charge is 0.325 e. The Kier molecular flexibility index (Phi) is 6.69. The molecule has 0 aromatic heterocycles. The summed E-state index contributed by atoms with van der Waals surface area (Å²) < 4.78 is 0. The number of carboxylic acid groups (broad SMARTS) is 1. The summed E-state index contributed by atoms with van der Waals surface area (Å²) in [4.78, 5) is 35.6. The molecule has 1 fully saturated rings. The molecule has 0 aliphatic carbocycles. The van der Waals surface area contributed by atoms with Gasteiger partial charge in [0.15, 0.2) is 0 Å². The molecular formula is C12H20N2O4S. The van der Waals surface area contributed by atoms with Gasteiger partial charge in [-0.1, -0.05) is 0 Å². The van der Waals surface area contributed by atoms with Gasteiger partial charge < -0.3 is 15.3 Å². The van der Waals surface area contributed by atoms with Crippen molar-refractivity contribution in [2.75, 3.05) is 24.6 Å². The van der Waals surface area contributed by atoms with Crippen LogP contribution in [-0.4, -0.2) is 58.4 Å². The third kappa shape index (κ3) is 5.96. The van der Waals surface area contributed by atoms with Gasteiger partial charge in [0.1, 0.15) is 6.04 Å². The molecule has 1 heterocycles. The molecule has 19 heavy (non-hydrogen) atoms. The summed E-state index contributed by atoms with van der Waals surface area (Å²) in [7, 11) is 0. The number of amides is 2. The molecule has 2 N–H and O–H groups in total. The fourth-order valence-corrected chi connectivity index (χ4v) is 2.54. The van der Waals surface area contributed by atoms with Crippen LogP contribution in [-0.2, 0) is 14.4 Å². The molecule has 0 saturated carbocycles. The Bertz CT molecular complexity index is 343. The normalized spacial score (nSPS) is 16.8. The number of carbonyl (C=O) groups excluding carboxylic acids is 2. The van der Waals surface area contributed by atoms with E-state index >= 15 is 0 Å². The number of nitrogens with zero attached hydrogens (tertiary/aromatic N) is 1. The van der Waals surface area contributed by atoms with Gasteiger partial charge in [-0.2, -0.15) is 0 Å². The maximum absolute atomic E-state index is 11.8. The number of thioether (sulfide) groups is 1. The van der Waals surface area contributed by atoms with Crippen molar-refractivity contribution in [3.63, 3.8) is 0 Å². The average Bonchev–Trinajstić information content (AvgIpc) is 2.39. The van der Waals surface area contributed by atoms with Gasteiger partial charge in [0.25, 0.3) is 0 Å². The highest BCUT2D eigenvalue weighted by atomic mass is 32.2. The maximum atomic E-state index is 11.8. The second kappa shape index (κ2) is 8.04. The summed E-state index contributed by atoms with van der Waals surface area (Å²) in [6.07, 6.45) is 3.27. The molecule has 0 aromatic rings. The van der Waals surface area contributed by atoms with E-state index in [2.05, 4.69) is 5.32 Å². The topological polar surface area (TPSA) is 86.7 Å². The lowest BCUT2D eigenvalue weighted by molar-refractivity contribution is -0.140. The Morgan fingerprint density at radius 2 is 1.84 bits per heavy atom. The largest absolute Gasteiger partial charge is 0.480 e. The van der Waals surface area contributed by atoms with Crippen LogP contribution >= 0.6 is 11.8 Å². The molecule has 1 rings (SSSR count). The molecule has 108 valence electrons. The number of rotatable bonds is 6. The van der Waals surface area contributed by atoms with E-state index in [1.54, 1.807) is 0 Å². The summed E-state index contributed by atoms with van der Waals surface area (Å²) in [5.74, 6) is -0.982. The molecule has 0 radical (unpaired) electrons. The fraction of sp³-hybridized carbons (Fsp3) is 0.750. The first-order valence-electron chi connectivity index (χ1n) is 6.38. The van der Waals surface area contributed by atoms with Crippen LogP contribution in [0.2, 0.25) is 0 Å². The van der Waals surface area contributed by atoms with Crippen LogP contribution in [0.1, 0.15) is 26.2 Å². The predicted octanol–water partition coefficient (Wildman–Crippen LogP) is 0.321. The highest BCUT2D eigenvalue weighted by Crippen LogP contribution is 2.11. The van der Waals surface area contributed by atoms with Crippen molar-refractivity contribution >= 4 is 29.5 Å². The van der Waals surface area contributed by atoms with Crippen LogP contribution in [0, 0.1) is 0 Å². The molecule has 1 aliphatic rings. The van der Waals surface area contributed by atoms with Gasteiger partial charge in [0.2, 0.25) is 11.8 Å². The quantitative estimate of drug-likeness (QED) is 0.735. The first-order valence-corrected chi connectivity index (χ1v) is 7.54. The molecule has 6 nitrogen and oxygen atoms in total. The van der Waals surface area contributed by atoms with Crippen LogP contribution in [0.15, 0.2) is 0 Å². The molecule has 0 unspecified atom stereocenters. The van der Waals surface area contributed by atoms with E-state index in [0.717, 1.165) is 25.9 Å². The van der Waals surface area contributed by atoms with Gasteiger partial charge in [0.05, 0.1) is 11.5 Å². The van der Waals surface area contributed by atoms with E-state index in [4.69, 9.17) is 5.11 Å². The Labute approximate surface area is 116 Å². The van der Waals surface area contributed by atoms with Crippen LogP contribution in [0.4, 0.5) is 0 Å². The average molecular weight is 288 g/mol. The third-order valence-electron chi connectivity index (χ3n) is 2.92. The van der Waals surface area contributed by atoms with Crippen LogP contribution in [0.25, 0.3) is 0 Å². The van der Waals surface area contributed by atoms with E-state index in [9.17, 15) is 14.4 Å². The minimum absolute atomic E-state index is 0.0591. The Hall–Kier alpha value is -1.24. The zero-order valence-electron chi connectivity index (χ0n) is 11.1. The minimum Gasteiger partial charge on any atom is -0.480 e. The van der Waals surface area contributed by atoms with Gasteiger partial charge in [-0.3, -0.25) is 14.4 Å². The van der Waals surface area contributed by atoms with Gasteiger partial charge in [-0.05, 0) is 26.2 Å². The highest BCUT2D eigenvalue weighted by Gasteiger charge is 2.17. The second-order valence-electron chi connectivity index (χ2n) is 4.56. The number of carboxylic acids is 1.